The molecule has 1 aromatic carbocycles. The van der Waals surface area contributed by atoms with Gasteiger partial charge in [-0.05, 0) is 48.0 Å². The summed E-state index contributed by atoms with van der Waals surface area (Å²) in [5, 5.41) is 0. The van der Waals surface area contributed by atoms with Gasteiger partial charge in [0.25, 0.3) is 0 Å². The van der Waals surface area contributed by atoms with Gasteiger partial charge in [-0.1, -0.05) is 48.9 Å². The van der Waals surface area contributed by atoms with Gasteiger partial charge < -0.3 is 0 Å². The van der Waals surface area contributed by atoms with Crippen LogP contribution in [0.4, 0.5) is 0 Å². The fraction of sp³-hybridized carbons (Fsp3) is 0.500. The lowest BCUT2D eigenvalue weighted by atomic mass is 9.85. The predicted molar refractivity (Wildman–Crippen MR) is 66.1 cm³/mol. The van der Waals surface area contributed by atoms with Crippen molar-refractivity contribution in [3.05, 3.63) is 48.0 Å². The lowest BCUT2D eigenvalue weighted by Gasteiger charge is -2.18. The summed E-state index contributed by atoms with van der Waals surface area (Å²) in [4.78, 5) is 0. The van der Waals surface area contributed by atoms with E-state index in [0.29, 0.717) is 0 Å². The van der Waals surface area contributed by atoms with Crippen LogP contribution in [0, 0.1) is 23.7 Å². The Bertz CT molecular complexity index is 397. The molecule has 2 fully saturated rings. The zero-order valence-corrected chi connectivity index (χ0v) is 9.55. The third-order valence-corrected chi connectivity index (χ3v) is 5.18. The Hall–Kier alpha value is -1.04. The minimum Gasteiger partial charge on any atom is -0.0842 e. The van der Waals surface area contributed by atoms with Gasteiger partial charge in [0.05, 0.1) is 0 Å². The van der Waals surface area contributed by atoms with Crippen LogP contribution in [0.2, 0.25) is 0 Å². The van der Waals surface area contributed by atoms with Crippen molar-refractivity contribution in [2.75, 3.05) is 0 Å². The first-order valence-electron chi connectivity index (χ1n) is 6.68. The molecule has 0 aromatic heterocycles. The van der Waals surface area contributed by atoms with E-state index in [4.69, 9.17) is 0 Å². The smallest absolute Gasteiger partial charge is 0.00306 e. The molecule has 2 saturated carbocycles. The second-order valence-electron chi connectivity index (χ2n) is 5.73. The van der Waals surface area contributed by atoms with Crippen molar-refractivity contribution in [2.24, 2.45) is 23.7 Å². The van der Waals surface area contributed by atoms with Crippen LogP contribution >= 0.6 is 0 Å². The lowest BCUT2D eigenvalue weighted by Crippen LogP contribution is -2.12. The predicted octanol–water partition coefficient (Wildman–Crippen LogP) is 4.00. The maximum absolute atomic E-state index is 2.52. The van der Waals surface area contributed by atoms with E-state index in [2.05, 4.69) is 42.5 Å². The van der Waals surface area contributed by atoms with Crippen molar-refractivity contribution < 1.29 is 0 Å². The molecule has 0 saturated heterocycles. The Labute approximate surface area is 97.4 Å². The fourth-order valence-corrected chi connectivity index (χ4v) is 4.66. The molecule has 1 aromatic rings. The minimum atomic E-state index is 0.816. The molecule has 82 valence electrons. The summed E-state index contributed by atoms with van der Waals surface area (Å²) in [5.41, 5.74) is 1.58. The van der Waals surface area contributed by atoms with Crippen molar-refractivity contribution in [1.82, 2.24) is 0 Å². The highest BCUT2D eigenvalue weighted by molar-refractivity contribution is 5.32. The Kier molecular flexibility index (Phi) is 1.82. The number of hydrogen-bond acceptors (Lipinski definition) is 0. The van der Waals surface area contributed by atoms with Crippen molar-refractivity contribution in [2.45, 2.75) is 25.2 Å². The summed E-state index contributed by atoms with van der Waals surface area (Å²) >= 11 is 0. The molecule has 16 heavy (non-hydrogen) atoms. The number of benzene rings is 1. The Morgan fingerprint density at radius 1 is 0.812 bits per heavy atom. The van der Waals surface area contributed by atoms with Gasteiger partial charge in [0.1, 0.15) is 0 Å². The third kappa shape index (κ3) is 1.05. The Balaban J connectivity index is 1.74. The highest BCUT2D eigenvalue weighted by atomic mass is 14.6. The number of rotatable bonds is 1. The molecule has 3 aliphatic rings. The van der Waals surface area contributed by atoms with E-state index in [0.717, 1.165) is 29.6 Å². The van der Waals surface area contributed by atoms with E-state index < -0.39 is 0 Å². The topological polar surface area (TPSA) is 0 Å². The van der Waals surface area contributed by atoms with E-state index in [1.807, 2.05) is 0 Å². The Morgan fingerprint density at radius 2 is 1.44 bits per heavy atom. The van der Waals surface area contributed by atoms with Crippen LogP contribution in [0.25, 0.3) is 0 Å². The number of hydrogen-bond donors (Lipinski definition) is 0. The van der Waals surface area contributed by atoms with Gasteiger partial charge in [0.2, 0.25) is 0 Å². The molecule has 0 heterocycles. The summed E-state index contributed by atoms with van der Waals surface area (Å²) in [5.74, 6) is 4.57. The molecule has 0 nitrogen and oxygen atoms in total. The van der Waals surface area contributed by atoms with E-state index in [9.17, 15) is 0 Å². The SMILES string of the molecule is C1=CC2C3CCCC3C1C2c1ccccc1. The third-order valence-electron chi connectivity index (χ3n) is 5.18. The summed E-state index contributed by atoms with van der Waals surface area (Å²) in [7, 11) is 0. The number of fused-ring (bicyclic) bond motifs is 5. The zero-order chi connectivity index (χ0) is 10.5. The molecule has 3 aliphatic carbocycles. The first-order chi connectivity index (χ1) is 7.95. The lowest BCUT2D eigenvalue weighted by molar-refractivity contribution is 0.364. The summed E-state index contributed by atoms with van der Waals surface area (Å²) in [6.45, 7) is 0. The Morgan fingerprint density at radius 3 is 2.06 bits per heavy atom. The maximum atomic E-state index is 2.52. The van der Waals surface area contributed by atoms with Crippen LogP contribution in [0.5, 0.6) is 0 Å². The van der Waals surface area contributed by atoms with Gasteiger partial charge in [-0.25, -0.2) is 0 Å². The van der Waals surface area contributed by atoms with Crippen LogP contribution in [0.3, 0.4) is 0 Å². The highest BCUT2D eigenvalue weighted by Gasteiger charge is 2.53. The van der Waals surface area contributed by atoms with Crippen molar-refractivity contribution in [3.63, 3.8) is 0 Å². The van der Waals surface area contributed by atoms with E-state index >= 15 is 0 Å². The zero-order valence-electron chi connectivity index (χ0n) is 9.55. The number of allylic oxidation sites excluding steroid dienone is 2. The van der Waals surface area contributed by atoms with Crippen molar-refractivity contribution in [1.29, 1.82) is 0 Å². The van der Waals surface area contributed by atoms with Crippen LogP contribution in [0.15, 0.2) is 42.5 Å². The fourth-order valence-electron chi connectivity index (χ4n) is 4.66. The molecule has 4 atom stereocenters. The van der Waals surface area contributed by atoms with Crippen molar-refractivity contribution >= 4 is 0 Å². The molecular formula is C16H18. The van der Waals surface area contributed by atoms with Gasteiger partial charge in [-0.2, -0.15) is 0 Å². The monoisotopic (exact) mass is 210 g/mol. The quantitative estimate of drug-likeness (QED) is 0.614. The average Bonchev–Trinajstić information content (AvgIpc) is 3.02. The van der Waals surface area contributed by atoms with Crippen LogP contribution < -0.4 is 0 Å². The van der Waals surface area contributed by atoms with Gasteiger partial charge in [0, 0.05) is 0 Å². The summed E-state index contributed by atoms with van der Waals surface area (Å²) < 4.78 is 0. The van der Waals surface area contributed by atoms with Crippen LogP contribution in [-0.2, 0) is 0 Å². The highest BCUT2D eigenvalue weighted by Crippen LogP contribution is 2.61. The van der Waals surface area contributed by atoms with Crippen molar-refractivity contribution in [3.8, 4) is 0 Å². The molecule has 0 radical (unpaired) electrons. The van der Waals surface area contributed by atoms with E-state index in [1.54, 1.807) is 5.56 Å². The molecule has 4 unspecified atom stereocenters. The summed E-state index contributed by atoms with van der Waals surface area (Å²) in [6.07, 6.45) is 9.49. The average molecular weight is 210 g/mol. The molecule has 2 bridgehead atoms. The first kappa shape index (κ1) is 9.04. The van der Waals surface area contributed by atoms with Gasteiger partial charge >= 0.3 is 0 Å². The van der Waals surface area contributed by atoms with E-state index in [1.165, 1.54) is 19.3 Å². The molecule has 0 spiro atoms. The van der Waals surface area contributed by atoms with Crippen LogP contribution in [-0.4, -0.2) is 0 Å². The second kappa shape index (κ2) is 3.23. The van der Waals surface area contributed by atoms with Gasteiger partial charge in [-0.15, -0.1) is 0 Å². The maximum Gasteiger partial charge on any atom is -0.00306 e. The molecule has 0 amide bonds. The first-order valence-corrected chi connectivity index (χ1v) is 6.68. The van der Waals surface area contributed by atoms with E-state index in [-0.39, 0.29) is 0 Å². The molecule has 0 heteroatoms. The molecule has 4 rings (SSSR count). The standard InChI is InChI=1S/C16H18/c1-2-5-11(6-3-1)16-14-9-10-15(16)13-8-4-7-12(13)14/h1-3,5-6,9-10,12-16H,4,7-8H2. The largest absolute Gasteiger partial charge is 0.0842 e. The van der Waals surface area contributed by atoms with Gasteiger partial charge in [0.15, 0.2) is 0 Å². The van der Waals surface area contributed by atoms with Gasteiger partial charge in [-0.3, -0.25) is 0 Å². The van der Waals surface area contributed by atoms with Crippen LogP contribution in [0.1, 0.15) is 30.7 Å². The molecular weight excluding hydrogens is 192 g/mol. The molecule has 0 aliphatic heterocycles. The molecule has 0 N–H and O–H groups in total. The minimum absolute atomic E-state index is 0.816. The summed E-state index contributed by atoms with van der Waals surface area (Å²) in [6, 6.07) is 11.2. The normalized spacial score (nSPS) is 43.9. The second-order valence-corrected chi connectivity index (χ2v) is 5.73.